The highest BCUT2D eigenvalue weighted by Gasteiger charge is 2.20. The normalized spacial score (nSPS) is 11.2. The number of hydrazine groups is 1. The summed E-state index contributed by atoms with van der Waals surface area (Å²) in [6.07, 6.45) is 5.04. The Morgan fingerprint density at radius 1 is 1.52 bits per heavy atom. The number of aromatic nitrogens is 1. The number of carbonyl (C=O) groups is 2. The third-order valence-corrected chi connectivity index (χ3v) is 3.26. The van der Waals surface area contributed by atoms with E-state index in [1.807, 2.05) is 6.07 Å². The van der Waals surface area contributed by atoms with Crippen molar-refractivity contribution in [3.8, 4) is 6.07 Å². The molecule has 1 aromatic rings. The Bertz CT molecular complexity index is 541. The minimum atomic E-state index is -0.525. The van der Waals surface area contributed by atoms with Crippen LogP contribution in [-0.4, -0.2) is 34.1 Å². The van der Waals surface area contributed by atoms with Crippen molar-refractivity contribution in [3.63, 3.8) is 0 Å². The van der Waals surface area contributed by atoms with Gasteiger partial charge in [0.25, 0.3) is 0 Å². The monoisotopic (exact) mass is 319 g/mol. The number of pyridine rings is 1. The Balaban J connectivity index is 2.56. The molecule has 8 nitrogen and oxygen atoms in total. The molecule has 0 spiro atoms. The molecule has 0 aromatic carbocycles. The van der Waals surface area contributed by atoms with Crippen LogP contribution in [0.25, 0.3) is 0 Å². The number of nitrogens with zero attached hydrogens (tertiary/aromatic N) is 3. The Morgan fingerprint density at radius 2 is 2.30 bits per heavy atom. The maximum absolute atomic E-state index is 12.2. The molecule has 0 aliphatic rings. The molecule has 8 heteroatoms. The van der Waals surface area contributed by atoms with Crippen LogP contribution in [0, 0.1) is 17.2 Å². The molecule has 0 aliphatic heterocycles. The Kier molecular flexibility index (Phi) is 8.10. The summed E-state index contributed by atoms with van der Waals surface area (Å²) in [7, 11) is 0. The second kappa shape index (κ2) is 10.1. The molecule has 0 bridgehead atoms. The largest absolute Gasteiger partial charge is 0.286 e. The molecule has 1 atom stereocenters. The molecule has 124 valence electrons. The van der Waals surface area contributed by atoms with E-state index in [1.54, 1.807) is 12.1 Å². The fourth-order valence-corrected chi connectivity index (χ4v) is 1.98. The molecule has 0 saturated heterocycles. The molecule has 2 amide bonds. The van der Waals surface area contributed by atoms with Crippen molar-refractivity contribution in [2.45, 2.75) is 32.6 Å². The zero-order valence-corrected chi connectivity index (χ0v) is 13.0. The van der Waals surface area contributed by atoms with E-state index in [0.717, 1.165) is 19.3 Å². The van der Waals surface area contributed by atoms with Crippen molar-refractivity contribution in [3.05, 3.63) is 23.9 Å². The molecule has 23 heavy (non-hydrogen) atoms. The van der Waals surface area contributed by atoms with Gasteiger partial charge in [-0.2, -0.15) is 5.26 Å². The lowest BCUT2D eigenvalue weighted by molar-refractivity contribution is -0.154. The fraction of sp³-hybridized carbons (Fsp3) is 0.467. The molecule has 1 aromatic heterocycles. The van der Waals surface area contributed by atoms with Gasteiger partial charge in [0.2, 0.25) is 12.3 Å². The zero-order chi connectivity index (χ0) is 17.1. The first kappa shape index (κ1) is 18.4. The summed E-state index contributed by atoms with van der Waals surface area (Å²) in [5, 5.41) is 18.5. The maximum atomic E-state index is 12.2. The summed E-state index contributed by atoms with van der Waals surface area (Å²) in [5.74, 6) is -0.475. The number of hydrogen-bond acceptors (Lipinski definition) is 6. The minimum absolute atomic E-state index is 0.0679. The van der Waals surface area contributed by atoms with Gasteiger partial charge in [0.1, 0.15) is 11.9 Å². The van der Waals surface area contributed by atoms with E-state index < -0.39 is 5.92 Å². The van der Waals surface area contributed by atoms with E-state index in [2.05, 4.69) is 22.8 Å². The van der Waals surface area contributed by atoms with E-state index in [-0.39, 0.29) is 18.9 Å². The van der Waals surface area contributed by atoms with Crippen molar-refractivity contribution in [2.24, 2.45) is 5.92 Å². The van der Waals surface area contributed by atoms with Gasteiger partial charge in [-0.1, -0.05) is 26.2 Å². The topological polar surface area (TPSA) is 118 Å². The van der Waals surface area contributed by atoms with Gasteiger partial charge in [0.05, 0.1) is 18.0 Å². The lowest BCUT2D eigenvalue weighted by Gasteiger charge is -2.19. The number of nitrogens with one attached hydrogen (secondary N) is 2. The fourth-order valence-electron chi connectivity index (χ4n) is 1.98. The summed E-state index contributed by atoms with van der Waals surface area (Å²) in [6.45, 7) is 1.98. The molecule has 1 rings (SSSR count). The highest BCUT2D eigenvalue weighted by Crippen LogP contribution is 2.12. The van der Waals surface area contributed by atoms with Crippen LogP contribution in [-0.2, 0) is 9.59 Å². The molecule has 1 heterocycles. The smallest absolute Gasteiger partial charge is 0.243 e. The zero-order valence-electron chi connectivity index (χ0n) is 13.0. The Labute approximate surface area is 135 Å². The molecule has 3 N–H and O–H groups in total. The van der Waals surface area contributed by atoms with E-state index in [0.29, 0.717) is 22.9 Å². The molecule has 0 radical (unpaired) electrons. The SMILES string of the molecule is CCCCC[C@@H](CN(O)C=O)C(=O)NNc1ccc(C#N)cn1. The molecular formula is C15H21N5O3. The van der Waals surface area contributed by atoms with E-state index >= 15 is 0 Å². The van der Waals surface area contributed by atoms with Crippen molar-refractivity contribution in [1.29, 1.82) is 5.26 Å². The van der Waals surface area contributed by atoms with Crippen LogP contribution in [0.3, 0.4) is 0 Å². The molecule has 0 fully saturated rings. The average molecular weight is 319 g/mol. The van der Waals surface area contributed by atoms with Crippen molar-refractivity contribution < 1.29 is 14.8 Å². The summed E-state index contributed by atoms with van der Waals surface area (Å²) in [5.41, 5.74) is 5.57. The maximum Gasteiger partial charge on any atom is 0.243 e. The lowest BCUT2D eigenvalue weighted by Crippen LogP contribution is -2.40. The predicted molar refractivity (Wildman–Crippen MR) is 82.9 cm³/mol. The van der Waals surface area contributed by atoms with Crippen LogP contribution in [0.4, 0.5) is 5.82 Å². The van der Waals surface area contributed by atoms with Gasteiger partial charge in [-0.15, -0.1) is 0 Å². The molecule has 0 unspecified atom stereocenters. The summed E-state index contributed by atoms with van der Waals surface area (Å²) in [4.78, 5) is 26.7. The van der Waals surface area contributed by atoms with Gasteiger partial charge in [0, 0.05) is 6.20 Å². The average Bonchev–Trinajstić information content (AvgIpc) is 2.59. The third-order valence-electron chi connectivity index (χ3n) is 3.26. The molecule has 0 saturated carbocycles. The van der Waals surface area contributed by atoms with Crippen LogP contribution >= 0.6 is 0 Å². The van der Waals surface area contributed by atoms with Gasteiger partial charge in [-0.05, 0) is 18.6 Å². The van der Waals surface area contributed by atoms with Gasteiger partial charge in [-0.3, -0.25) is 25.6 Å². The van der Waals surface area contributed by atoms with Crippen molar-refractivity contribution in [1.82, 2.24) is 15.5 Å². The molecular weight excluding hydrogens is 298 g/mol. The van der Waals surface area contributed by atoms with E-state index in [1.165, 1.54) is 6.20 Å². The number of anilines is 1. The standard InChI is InChI=1S/C15H21N5O3/c1-2-3-4-5-13(10-20(23)11-21)15(22)19-18-14-7-6-12(8-16)9-17-14/h6-7,9,11,13,23H,2-5,10H2,1H3,(H,17,18)(H,19,22)/t13-/m0/s1. The summed E-state index contributed by atoms with van der Waals surface area (Å²) < 4.78 is 0. The van der Waals surface area contributed by atoms with Crippen LogP contribution in [0.2, 0.25) is 0 Å². The highest BCUT2D eigenvalue weighted by atomic mass is 16.5. The second-order valence-electron chi connectivity index (χ2n) is 5.08. The Morgan fingerprint density at radius 3 is 2.87 bits per heavy atom. The number of hydrogen-bond donors (Lipinski definition) is 3. The second-order valence-corrected chi connectivity index (χ2v) is 5.08. The first-order valence-electron chi connectivity index (χ1n) is 7.43. The number of nitriles is 1. The van der Waals surface area contributed by atoms with Gasteiger partial charge >= 0.3 is 0 Å². The summed E-state index contributed by atoms with van der Waals surface area (Å²) >= 11 is 0. The van der Waals surface area contributed by atoms with Crippen molar-refractivity contribution >= 4 is 18.1 Å². The van der Waals surface area contributed by atoms with Crippen LogP contribution in [0.15, 0.2) is 18.3 Å². The van der Waals surface area contributed by atoms with Crippen molar-refractivity contribution in [2.75, 3.05) is 12.0 Å². The van der Waals surface area contributed by atoms with Gasteiger partial charge < -0.3 is 0 Å². The number of carbonyl (C=O) groups excluding carboxylic acids is 2. The highest BCUT2D eigenvalue weighted by molar-refractivity contribution is 5.80. The van der Waals surface area contributed by atoms with E-state index in [4.69, 9.17) is 5.26 Å². The van der Waals surface area contributed by atoms with Gasteiger partial charge in [-0.25, -0.2) is 10.0 Å². The lowest BCUT2D eigenvalue weighted by atomic mass is 10.0. The summed E-state index contributed by atoms with van der Waals surface area (Å²) in [6, 6.07) is 5.09. The minimum Gasteiger partial charge on any atom is -0.286 e. The van der Waals surface area contributed by atoms with E-state index in [9.17, 15) is 14.8 Å². The number of amides is 2. The van der Waals surface area contributed by atoms with Crippen LogP contribution in [0.1, 0.15) is 38.2 Å². The molecule has 0 aliphatic carbocycles. The number of hydroxylamine groups is 2. The quantitative estimate of drug-likeness (QED) is 0.260. The van der Waals surface area contributed by atoms with Gasteiger partial charge in [0.15, 0.2) is 0 Å². The first-order chi connectivity index (χ1) is 11.1. The number of rotatable bonds is 10. The Hall–Kier alpha value is -2.66. The number of unbranched alkanes of at least 4 members (excludes halogenated alkanes) is 2. The third kappa shape index (κ3) is 6.76. The predicted octanol–water partition coefficient (Wildman–Crippen LogP) is 1.44. The van der Waals surface area contributed by atoms with Crippen LogP contribution in [0.5, 0.6) is 0 Å². The van der Waals surface area contributed by atoms with Crippen LogP contribution < -0.4 is 10.9 Å². The first-order valence-corrected chi connectivity index (χ1v) is 7.43.